The van der Waals surface area contributed by atoms with Crippen LogP contribution in [0.15, 0.2) is 23.2 Å². The highest BCUT2D eigenvalue weighted by molar-refractivity contribution is 6.25. The van der Waals surface area contributed by atoms with E-state index in [2.05, 4.69) is 0 Å². The van der Waals surface area contributed by atoms with Crippen LogP contribution in [0.1, 0.15) is 13.8 Å². The van der Waals surface area contributed by atoms with Crippen LogP contribution >= 0.6 is 23.2 Å². The van der Waals surface area contributed by atoms with Crippen LogP contribution in [0.3, 0.4) is 0 Å². The van der Waals surface area contributed by atoms with Gasteiger partial charge in [-0.15, -0.1) is 0 Å². The van der Waals surface area contributed by atoms with E-state index in [9.17, 15) is 0 Å². The Morgan fingerprint density at radius 1 is 0.875 bits per heavy atom. The fourth-order valence-corrected chi connectivity index (χ4v) is 0. The van der Waals surface area contributed by atoms with Gasteiger partial charge in [-0.3, -0.25) is 0 Å². The fourth-order valence-electron chi connectivity index (χ4n) is 0. The summed E-state index contributed by atoms with van der Waals surface area (Å²) in [5.74, 6) is 0. The molecular weight excluding hydrogens is 143 g/mol. The van der Waals surface area contributed by atoms with Crippen molar-refractivity contribution in [2.45, 2.75) is 13.8 Å². The molecule has 0 N–H and O–H groups in total. The van der Waals surface area contributed by atoms with Crippen LogP contribution in [-0.2, 0) is 0 Å². The highest BCUT2D eigenvalue weighted by atomic mass is 35.5. The van der Waals surface area contributed by atoms with Crippen molar-refractivity contribution in [1.29, 1.82) is 0 Å². The molecule has 0 aliphatic rings. The molecule has 0 radical (unpaired) electrons. The van der Waals surface area contributed by atoms with Gasteiger partial charge in [-0.2, -0.15) is 0 Å². The number of rotatable bonds is 0. The van der Waals surface area contributed by atoms with Crippen molar-refractivity contribution < 1.29 is 0 Å². The number of halogens is 2. The predicted molar refractivity (Wildman–Crippen MR) is 41.3 cm³/mol. The van der Waals surface area contributed by atoms with Gasteiger partial charge in [0.25, 0.3) is 0 Å². The van der Waals surface area contributed by atoms with Crippen LogP contribution in [0.5, 0.6) is 0 Å². The second kappa shape index (κ2) is 15.7. The third-order valence-corrected chi connectivity index (χ3v) is 0.756. The van der Waals surface area contributed by atoms with Gasteiger partial charge >= 0.3 is 0 Å². The summed E-state index contributed by atoms with van der Waals surface area (Å²) in [7, 11) is 0. The Morgan fingerprint density at radius 3 is 1.00 bits per heavy atom. The van der Waals surface area contributed by atoms with Gasteiger partial charge in [0.05, 0.1) is 0 Å². The molecule has 0 atom stereocenters. The molecule has 0 heterocycles. The van der Waals surface area contributed by atoms with E-state index >= 15 is 0 Å². The van der Waals surface area contributed by atoms with Crippen molar-refractivity contribution in [1.82, 2.24) is 0 Å². The van der Waals surface area contributed by atoms with Crippen LogP contribution in [0, 0.1) is 0 Å². The molecule has 0 aromatic rings. The number of hydrogen-bond acceptors (Lipinski definition) is 0. The van der Waals surface area contributed by atoms with Gasteiger partial charge in [0.1, 0.15) is 0 Å². The average molecular weight is 153 g/mol. The smallest absolute Gasteiger partial charge is 0.0000330 e. The summed E-state index contributed by atoms with van der Waals surface area (Å²) < 4.78 is 0. The van der Waals surface area contributed by atoms with Gasteiger partial charge < -0.3 is 0 Å². The molecule has 0 saturated heterocycles. The zero-order valence-corrected chi connectivity index (χ0v) is 6.58. The van der Waals surface area contributed by atoms with Gasteiger partial charge in [0, 0.05) is 0 Å². The van der Waals surface area contributed by atoms with Gasteiger partial charge in [0.15, 0.2) is 0 Å². The molecule has 0 fully saturated rings. The van der Waals surface area contributed by atoms with Crippen LogP contribution in [-0.4, -0.2) is 0 Å². The molecule has 0 nitrogen and oxygen atoms in total. The molecular formula is C6H10Cl2. The summed E-state index contributed by atoms with van der Waals surface area (Å²) in [5, 5.41) is 0. The first-order valence-electron chi connectivity index (χ1n) is 2.26. The Bertz CT molecular complexity index is 46.9. The molecule has 0 amide bonds. The van der Waals surface area contributed by atoms with Gasteiger partial charge in [-0.1, -0.05) is 35.4 Å². The normalized spacial score (nSPS) is 9.50. The largest absolute Gasteiger partial charge is 0.0933 e. The lowest BCUT2D eigenvalue weighted by molar-refractivity contribution is 1.78. The van der Waals surface area contributed by atoms with Crippen LogP contribution < -0.4 is 0 Å². The van der Waals surface area contributed by atoms with Crippen molar-refractivity contribution in [2.75, 3.05) is 0 Å². The molecule has 0 saturated carbocycles. The maximum atomic E-state index is 5.01. The Kier molecular flexibility index (Phi) is 21.5. The van der Waals surface area contributed by atoms with Crippen LogP contribution in [0.25, 0.3) is 0 Å². The summed E-state index contributed by atoms with van der Waals surface area (Å²) >= 11 is 10.0. The molecule has 0 rings (SSSR count). The lowest BCUT2D eigenvalue weighted by Crippen LogP contribution is -1.20. The monoisotopic (exact) mass is 152 g/mol. The first kappa shape index (κ1) is 10.9. The Morgan fingerprint density at radius 2 is 1.00 bits per heavy atom. The summed E-state index contributed by atoms with van der Waals surface area (Å²) in [4.78, 5) is 0. The molecule has 0 spiro atoms. The molecule has 0 aromatic heterocycles. The second-order valence-corrected chi connectivity index (χ2v) is 1.42. The second-order valence-electron chi connectivity index (χ2n) is 0.919. The van der Waals surface area contributed by atoms with Gasteiger partial charge in [-0.25, -0.2) is 0 Å². The van der Waals surface area contributed by atoms with E-state index in [0.717, 1.165) is 0 Å². The topological polar surface area (TPSA) is 0 Å². The Hall–Kier alpha value is 0.0600. The van der Waals surface area contributed by atoms with Crippen LogP contribution in [0.2, 0.25) is 0 Å². The van der Waals surface area contributed by atoms with Crippen molar-refractivity contribution >= 4 is 23.2 Å². The molecule has 0 aliphatic carbocycles. The van der Waals surface area contributed by atoms with E-state index < -0.39 is 0 Å². The van der Waals surface area contributed by atoms with Crippen molar-refractivity contribution in [2.24, 2.45) is 0 Å². The standard InChI is InChI=1S/2C3H5Cl/c2*1-2-3-4/h2*2-3H,1H3/b3-2+;3-2-. The maximum absolute atomic E-state index is 5.01. The van der Waals surface area contributed by atoms with Crippen LogP contribution in [0.4, 0.5) is 0 Å². The molecule has 0 unspecified atom stereocenters. The lowest BCUT2D eigenvalue weighted by Gasteiger charge is -1.46. The van der Waals surface area contributed by atoms with E-state index in [0.29, 0.717) is 0 Å². The summed E-state index contributed by atoms with van der Waals surface area (Å²) in [6.45, 7) is 3.74. The molecule has 48 valence electrons. The fraction of sp³-hybridized carbons (Fsp3) is 0.333. The number of hydrogen-bond donors (Lipinski definition) is 0. The Labute approximate surface area is 60.8 Å². The first-order valence-corrected chi connectivity index (χ1v) is 3.13. The van der Waals surface area contributed by atoms with Crippen molar-refractivity contribution in [3.05, 3.63) is 23.2 Å². The summed E-state index contributed by atoms with van der Waals surface area (Å²) in [6, 6.07) is 0. The van der Waals surface area contributed by atoms with Gasteiger partial charge in [0.2, 0.25) is 0 Å². The zero-order valence-electron chi connectivity index (χ0n) is 5.07. The van der Waals surface area contributed by atoms with Crippen molar-refractivity contribution in [3.8, 4) is 0 Å². The summed E-state index contributed by atoms with van der Waals surface area (Å²) in [5.41, 5.74) is 2.94. The predicted octanol–water partition coefficient (Wildman–Crippen LogP) is 3.52. The van der Waals surface area contributed by atoms with E-state index in [1.165, 1.54) is 11.1 Å². The molecule has 0 bridgehead atoms. The highest BCUT2D eigenvalue weighted by Gasteiger charge is 1.37. The third kappa shape index (κ3) is 36.6. The minimum absolute atomic E-state index is 1.47. The van der Waals surface area contributed by atoms with Gasteiger partial charge in [-0.05, 0) is 24.9 Å². The SMILES string of the molecule is C/C=C/Cl.C/C=C\Cl. The third-order valence-electron chi connectivity index (χ3n) is 0.252. The molecule has 0 aliphatic heterocycles. The minimum Gasteiger partial charge on any atom is -0.0933 e. The minimum atomic E-state index is 1.47. The van der Waals surface area contributed by atoms with E-state index in [1.807, 2.05) is 13.8 Å². The quantitative estimate of drug-likeness (QED) is 0.499. The average Bonchev–Trinajstić information content (AvgIpc) is 1.88. The maximum Gasteiger partial charge on any atom is -0.0000330 e. The zero-order chi connectivity index (χ0) is 6.83. The summed E-state index contributed by atoms with van der Waals surface area (Å²) in [6.07, 6.45) is 3.53. The van der Waals surface area contributed by atoms with Crippen molar-refractivity contribution in [3.63, 3.8) is 0 Å². The lowest BCUT2D eigenvalue weighted by atomic mass is 10.8. The molecule has 0 aromatic carbocycles. The Balaban J connectivity index is 0. The first-order chi connectivity index (χ1) is 3.83. The molecule has 8 heavy (non-hydrogen) atoms. The molecule has 2 heteroatoms. The van der Waals surface area contributed by atoms with E-state index in [4.69, 9.17) is 23.2 Å². The number of allylic oxidation sites excluding steroid dienone is 2. The van der Waals surface area contributed by atoms with E-state index in [1.54, 1.807) is 12.2 Å². The highest BCUT2D eigenvalue weighted by Crippen LogP contribution is 1.70. The van der Waals surface area contributed by atoms with E-state index in [-0.39, 0.29) is 0 Å².